The number of anilines is 1. The second-order valence-corrected chi connectivity index (χ2v) is 4.75. The van der Waals surface area contributed by atoms with E-state index in [0.717, 1.165) is 17.0 Å². The maximum Gasteiger partial charge on any atom is 0.337 e. The minimum absolute atomic E-state index is 0.290. The number of hydrogen-bond acceptors (Lipinski definition) is 4. The van der Waals surface area contributed by atoms with Crippen molar-refractivity contribution in [2.45, 2.75) is 6.54 Å². The number of methoxy groups -OCH3 is 2. The average molecular weight is 313 g/mol. The van der Waals surface area contributed by atoms with Crippen molar-refractivity contribution in [1.29, 1.82) is 0 Å². The summed E-state index contributed by atoms with van der Waals surface area (Å²) in [6.45, 7) is 0.361. The number of nitrogens with zero attached hydrogens (tertiary/aromatic N) is 1. The molecule has 0 fully saturated rings. The lowest BCUT2D eigenvalue weighted by Crippen LogP contribution is -2.22. The number of benzene rings is 2. The SMILES string of the molecule is COC(=O)c1cccc(CN=C(N)Nc2ccc(OC)cc2)c1. The molecule has 0 aliphatic rings. The van der Waals surface area contributed by atoms with E-state index in [4.69, 9.17) is 15.2 Å². The van der Waals surface area contributed by atoms with Gasteiger partial charge in [0.05, 0.1) is 26.3 Å². The molecule has 3 N–H and O–H groups in total. The summed E-state index contributed by atoms with van der Waals surface area (Å²) >= 11 is 0. The lowest BCUT2D eigenvalue weighted by molar-refractivity contribution is 0.0600. The lowest BCUT2D eigenvalue weighted by atomic mass is 10.1. The average Bonchev–Trinajstić information content (AvgIpc) is 2.60. The third kappa shape index (κ3) is 4.74. The molecule has 0 amide bonds. The molecule has 0 saturated heterocycles. The van der Waals surface area contributed by atoms with Gasteiger partial charge in [0.2, 0.25) is 0 Å². The third-order valence-corrected chi connectivity index (χ3v) is 3.14. The van der Waals surface area contributed by atoms with Crippen molar-refractivity contribution in [3.63, 3.8) is 0 Å². The van der Waals surface area contributed by atoms with E-state index in [1.54, 1.807) is 25.3 Å². The first kappa shape index (κ1) is 16.4. The second-order valence-electron chi connectivity index (χ2n) is 4.75. The molecule has 0 saturated carbocycles. The zero-order valence-electron chi connectivity index (χ0n) is 13.1. The summed E-state index contributed by atoms with van der Waals surface area (Å²) in [5, 5.41) is 2.99. The van der Waals surface area contributed by atoms with Gasteiger partial charge in [-0.2, -0.15) is 0 Å². The van der Waals surface area contributed by atoms with E-state index in [9.17, 15) is 4.79 Å². The van der Waals surface area contributed by atoms with Gasteiger partial charge in [0.1, 0.15) is 5.75 Å². The van der Waals surface area contributed by atoms with Crippen LogP contribution in [-0.2, 0) is 11.3 Å². The normalized spacial score (nSPS) is 11.0. The molecule has 0 radical (unpaired) electrons. The Balaban J connectivity index is 1.99. The molecule has 23 heavy (non-hydrogen) atoms. The Kier molecular flexibility index (Phi) is 5.57. The first-order valence-electron chi connectivity index (χ1n) is 7.00. The van der Waals surface area contributed by atoms with Gasteiger partial charge in [0.25, 0.3) is 0 Å². The molecule has 6 heteroatoms. The number of nitrogens with two attached hydrogens (primary N) is 1. The molecule has 0 unspecified atom stereocenters. The standard InChI is InChI=1S/C17H19N3O3/c1-22-15-8-6-14(7-9-15)20-17(18)19-11-12-4-3-5-13(10-12)16(21)23-2/h3-10H,11H2,1-2H3,(H3,18,19,20). The Bertz CT molecular complexity index is 696. The van der Waals surface area contributed by atoms with E-state index < -0.39 is 0 Å². The molecule has 2 rings (SSSR count). The van der Waals surface area contributed by atoms with Gasteiger partial charge >= 0.3 is 5.97 Å². The van der Waals surface area contributed by atoms with E-state index in [2.05, 4.69) is 10.3 Å². The maximum atomic E-state index is 11.5. The van der Waals surface area contributed by atoms with Crippen molar-refractivity contribution in [3.05, 3.63) is 59.7 Å². The predicted molar refractivity (Wildman–Crippen MR) is 89.7 cm³/mol. The number of carbonyl (C=O) groups is 1. The molecule has 0 bridgehead atoms. The molecule has 6 nitrogen and oxygen atoms in total. The van der Waals surface area contributed by atoms with Crippen LogP contribution < -0.4 is 15.8 Å². The molecule has 0 aliphatic heterocycles. The quantitative estimate of drug-likeness (QED) is 0.503. The van der Waals surface area contributed by atoms with Gasteiger partial charge in [0.15, 0.2) is 5.96 Å². The number of rotatable bonds is 5. The minimum atomic E-state index is -0.375. The highest BCUT2D eigenvalue weighted by Crippen LogP contribution is 2.14. The number of ether oxygens (including phenoxy) is 2. The number of esters is 1. The van der Waals surface area contributed by atoms with Crippen LogP contribution in [0.4, 0.5) is 5.69 Å². The summed E-state index contributed by atoms with van der Waals surface area (Å²) in [6, 6.07) is 14.4. The zero-order valence-corrected chi connectivity index (χ0v) is 13.1. The van der Waals surface area contributed by atoms with Gasteiger partial charge < -0.3 is 20.5 Å². The second kappa shape index (κ2) is 7.84. The van der Waals surface area contributed by atoms with Gasteiger partial charge in [0, 0.05) is 5.69 Å². The Hall–Kier alpha value is -3.02. The Labute approximate surface area is 134 Å². The highest BCUT2D eigenvalue weighted by Gasteiger charge is 2.05. The van der Waals surface area contributed by atoms with E-state index in [1.807, 2.05) is 30.3 Å². The number of aliphatic imine (C=N–C) groups is 1. The summed E-state index contributed by atoms with van der Waals surface area (Å²) in [5.74, 6) is 0.685. The molecular weight excluding hydrogens is 294 g/mol. The first-order chi connectivity index (χ1) is 11.1. The van der Waals surface area contributed by atoms with Crippen LogP contribution in [0.5, 0.6) is 5.75 Å². The molecule has 2 aromatic carbocycles. The summed E-state index contributed by atoms with van der Waals surface area (Å²) in [5.41, 5.74) is 8.04. The van der Waals surface area contributed by atoms with E-state index in [1.165, 1.54) is 7.11 Å². The van der Waals surface area contributed by atoms with Crippen LogP contribution in [-0.4, -0.2) is 26.1 Å². The summed E-state index contributed by atoms with van der Waals surface area (Å²) in [6.07, 6.45) is 0. The monoisotopic (exact) mass is 313 g/mol. The molecule has 0 aromatic heterocycles. The topological polar surface area (TPSA) is 85.9 Å². The molecule has 120 valence electrons. The Morgan fingerprint density at radius 1 is 1.17 bits per heavy atom. The van der Waals surface area contributed by atoms with Crippen LogP contribution >= 0.6 is 0 Å². The van der Waals surface area contributed by atoms with Crippen molar-refractivity contribution >= 4 is 17.6 Å². The number of hydrogen-bond donors (Lipinski definition) is 2. The van der Waals surface area contributed by atoms with E-state index >= 15 is 0 Å². The smallest absolute Gasteiger partial charge is 0.337 e. The first-order valence-corrected chi connectivity index (χ1v) is 7.00. The van der Waals surface area contributed by atoms with Crippen LogP contribution in [0.2, 0.25) is 0 Å². The zero-order chi connectivity index (χ0) is 16.7. The largest absolute Gasteiger partial charge is 0.497 e. The third-order valence-electron chi connectivity index (χ3n) is 3.14. The molecule has 2 aromatic rings. The van der Waals surface area contributed by atoms with Crippen molar-refractivity contribution in [1.82, 2.24) is 0 Å². The fourth-order valence-electron chi connectivity index (χ4n) is 1.95. The fraction of sp³-hybridized carbons (Fsp3) is 0.176. The molecule has 0 aliphatic carbocycles. The van der Waals surface area contributed by atoms with Gasteiger partial charge in [-0.15, -0.1) is 0 Å². The maximum absolute atomic E-state index is 11.5. The van der Waals surface area contributed by atoms with E-state index in [0.29, 0.717) is 18.1 Å². The van der Waals surface area contributed by atoms with Crippen molar-refractivity contribution < 1.29 is 14.3 Å². The van der Waals surface area contributed by atoms with Crippen LogP contribution in [0.15, 0.2) is 53.5 Å². The summed E-state index contributed by atoms with van der Waals surface area (Å²) in [7, 11) is 2.96. The van der Waals surface area contributed by atoms with Crippen LogP contribution in [0.1, 0.15) is 15.9 Å². The Morgan fingerprint density at radius 3 is 2.57 bits per heavy atom. The van der Waals surface area contributed by atoms with E-state index in [-0.39, 0.29) is 5.97 Å². The van der Waals surface area contributed by atoms with Crippen molar-refractivity contribution in [3.8, 4) is 5.75 Å². The highest BCUT2D eigenvalue weighted by molar-refractivity contribution is 5.92. The lowest BCUT2D eigenvalue weighted by Gasteiger charge is -2.07. The van der Waals surface area contributed by atoms with Crippen LogP contribution in [0, 0.1) is 0 Å². The fourth-order valence-corrected chi connectivity index (χ4v) is 1.95. The van der Waals surface area contributed by atoms with Gasteiger partial charge in [-0.3, -0.25) is 0 Å². The predicted octanol–water partition coefficient (Wildman–Crippen LogP) is 2.41. The molecule has 0 heterocycles. The molecular formula is C17H19N3O3. The van der Waals surface area contributed by atoms with Crippen LogP contribution in [0.25, 0.3) is 0 Å². The summed E-state index contributed by atoms with van der Waals surface area (Å²) < 4.78 is 9.78. The summed E-state index contributed by atoms with van der Waals surface area (Å²) in [4.78, 5) is 15.8. The highest BCUT2D eigenvalue weighted by atomic mass is 16.5. The number of carbonyl (C=O) groups excluding carboxylic acids is 1. The van der Waals surface area contributed by atoms with Crippen molar-refractivity contribution in [2.75, 3.05) is 19.5 Å². The van der Waals surface area contributed by atoms with Crippen molar-refractivity contribution in [2.24, 2.45) is 10.7 Å². The number of nitrogens with one attached hydrogen (secondary N) is 1. The molecule has 0 atom stereocenters. The van der Waals surface area contributed by atoms with Gasteiger partial charge in [-0.1, -0.05) is 12.1 Å². The van der Waals surface area contributed by atoms with Gasteiger partial charge in [-0.05, 0) is 42.0 Å². The molecule has 0 spiro atoms. The Morgan fingerprint density at radius 2 is 1.91 bits per heavy atom. The van der Waals surface area contributed by atoms with Crippen LogP contribution in [0.3, 0.4) is 0 Å². The number of guanidine groups is 1. The minimum Gasteiger partial charge on any atom is -0.497 e. The van der Waals surface area contributed by atoms with Gasteiger partial charge in [-0.25, -0.2) is 9.79 Å².